The summed E-state index contributed by atoms with van der Waals surface area (Å²) in [5.41, 5.74) is -0.125. The molecule has 2 atom stereocenters. The fourth-order valence-electron chi connectivity index (χ4n) is 2.35. The van der Waals surface area contributed by atoms with E-state index in [0.29, 0.717) is 0 Å². The zero-order valence-corrected chi connectivity index (χ0v) is 14.5. The van der Waals surface area contributed by atoms with Crippen molar-refractivity contribution in [3.05, 3.63) is 59.6 Å². The Labute approximate surface area is 151 Å². The van der Waals surface area contributed by atoms with Gasteiger partial charge in [0, 0.05) is 11.6 Å². The van der Waals surface area contributed by atoms with E-state index in [0.717, 1.165) is 17.4 Å². The molecule has 0 saturated carbocycles. The smallest absolute Gasteiger partial charge is 0.340 e. The third kappa shape index (κ3) is 5.16. The van der Waals surface area contributed by atoms with Crippen molar-refractivity contribution < 1.29 is 22.8 Å². The number of benzene rings is 1. The minimum Gasteiger partial charge on any atom is -0.340 e. The lowest BCUT2D eigenvalue weighted by molar-refractivity contribution is -0.162. The average molecular weight is 383 g/mol. The predicted octanol–water partition coefficient (Wildman–Crippen LogP) is 3.49. The Morgan fingerprint density at radius 2 is 1.92 bits per heavy atom. The van der Waals surface area contributed by atoms with E-state index in [4.69, 9.17) is 0 Å². The quantitative estimate of drug-likeness (QED) is 0.750. The Balaban J connectivity index is 2.41. The molecule has 2 rings (SSSR count). The van der Waals surface area contributed by atoms with Gasteiger partial charge in [-0.1, -0.05) is 36.4 Å². The monoisotopic (exact) mass is 383 g/mol. The molecule has 0 aliphatic heterocycles. The molecule has 26 heavy (non-hydrogen) atoms. The first kappa shape index (κ1) is 19.6. The zero-order chi connectivity index (χ0) is 19.2. The highest BCUT2D eigenvalue weighted by Gasteiger charge is 2.49. The van der Waals surface area contributed by atoms with Crippen LogP contribution < -0.4 is 10.6 Å². The van der Waals surface area contributed by atoms with Gasteiger partial charge in [-0.2, -0.15) is 13.2 Å². The van der Waals surface area contributed by atoms with Gasteiger partial charge in [-0.3, -0.25) is 9.59 Å². The molecule has 1 aromatic heterocycles. The molecule has 138 valence electrons. The summed E-state index contributed by atoms with van der Waals surface area (Å²) in [6.45, 7) is 1.54. The predicted molar refractivity (Wildman–Crippen MR) is 92.7 cm³/mol. The Kier molecular flexibility index (Phi) is 6.51. The van der Waals surface area contributed by atoms with Crippen molar-refractivity contribution in [1.29, 1.82) is 0 Å². The van der Waals surface area contributed by atoms with Crippen molar-refractivity contribution in [2.45, 2.75) is 25.1 Å². The number of rotatable bonds is 6. The maximum absolute atomic E-state index is 13.8. The van der Waals surface area contributed by atoms with Crippen LogP contribution in [0.25, 0.3) is 0 Å². The van der Waals surface area contributed by atoms with Crippen LogP contribution in [0.15, 0.2) is 54.1 Å². The molecule has 9 heteroatoms. The molecule has 0 fully saturated rings. The largest absolute Gasteiger partial charge is 0.398 e. The maximum atomic E-state index is 13.8. The van der Waals surface area contributed by atoms with Crippen molar-refractivity contribution >= 4 is 28.3 Å². The lowest BCUT2D eigenvalue weighted by Crippen LogP contribution is -2.51. The SMILES string of the molecule is CC=CC(=O)NC(C(=O)Nc1nccs1)C(c1ccccc1)C(F)(F)F. The molecule has 1 heterocycles. The van der Waals surface area contributed by atoms with Crippen molar-refractivity contribution in [2.24, 2.45) is 0 Å². The number of nitrogens with zero attached hydrogens (tertiary/aromatic N) is 1. The van der Waals surface area contributed by atoms with Crippen LogP contribution in [0.5, 0.6) is 0 Å². The number of aromatic nitrogens is 1. The molecule has 2 aromatic rings. The van der Waals surface area contributed by atoms with E-state index >= 15 is 0 Å². The first-order valence-corrected chi connectivity index (χ1v) is 8.46. The standard InChI is InChI=1S/C17H16F3N3O2S/c1-2-6-12(24)22-14(15(25)23-16-21-9-10-26-16)13(17(18,19)20)11-7-4-3-5-8-11/h2-10,13-14H,1H3,(H,22,24)(H,21,23,25). The molecule has 0 saturated heterocycles. The van der Waals surface area contributed by atoms with Crippen molar-refractivity contribution in [3.8, 4) is 0 Å². The summed E-state index contributed by atoms with van der Waals surface area (Å²) in [6.07, 6.45) is -0.917. The van der Waals surface area contributed by atoms with Gasteiger partial charge in [-0.15, -0.1) is 11.3 Å². The number of allylic oxidation sites excluding steroid dienone is 1. The number of amides is 2. The van der Waals surface area contributed by atoms with E-state index in [1.165, 1.54) is 36.5 Å². The molecule has 0 spiro atoms. The molecule has 0 bridgehead atoms. The molecular formula is C17H16F3N3O2S. The van der Waals surface area contributed by atoms with Crippen LogP contribution in [-0.2, 0) is 9.59 Å². The highest BCUT2D eigenvalue weighted by Crippen LogP contribution is 2.38. The Hall–Kier alpha value is -2.68. The van der Waals surface area contributed by atoms with Gasteiger partial charge >= 0.3 is 6.18 Å². The van der Waals surface area contributed by atoms with E-state index < -0.39 is 30.0 Å². The van der Waals surface area contributed by atoms with Gasteiger partial charge in [-0.05, 0) is 18.6 Å². The number of halogens is 3. The summed E-state index contributed by atoms with van der Waals surface area (Å²) < 4.78 is 41.3. The average Bonchev–Trinajstić information content (AvgIpc) is 3.07. The van der Waals surface area contributed by atoms with Crippen molar-refractivity contribution in [2.75, 3.05) is 5.32 Å². The van der Waals surface area contributed by atoms with Crippen LogP contribution in [0.4, 0.5) is 18.3 Å². The molecular weight excluding hydrogens is 367 g/mol. The van der Waals surface area contributed by atoms with Gasteiger partial charge in [0.1, 0.15) is 12.0 Å². The Morgan fingerprint density at radius 3 is 2.46 bits per heavy atom. The van der Waals surface area contributed by atoms with Crippen LogP contribution in [-0.4, -0.2) is 29.0 Å². The number of thiazole rings is 1. The second kappa shape index (κ2) is 8.61. The van der Waals surface area contributed by atoms with Crippen LogP contribution in [0.1, 0.15) is 18.4 Å². The van der Waals surface area contributed by atoms with Gasteiger partial charge in [-0.25, -0.2) is 4.98 Å². The summed E-state index contributed by atoms with van der Waals surface area (Å²) in [6, 6.07) is 5.13. The molecule has 0 aliphatic rings. The lowest BCUT2D eigenvalue weighted by Gasteiger charge is -2.28. The van der Waals surface area contributed by atoms with Gasteiger partial charge in [0.2, 0.25) is 11.8 Å². The number of hydrogen-bond acceptors (Lipinski definition) is 4. The van der Waals surface area contributed by atoms with Crippen LogP contribution in [0, 0.1) is 0 Å². The first-order valence-electron chi connectivity index (χ1n) is 7.58. The summed E-state index contributed by atoms with van der Waals surface area (Å²) in [7, 11) is 0. The van der Waals surface area contributed by atoms with E-state index in [1.807, 2.05) is 0 Å². The molecule has 2 N–H and O–H groups in total. The minimum absolute atomic E-state index is 0.125. The zero-order valence-electron chi connectivity index (χ0n) is 13.7. The summed E-state index contributed by atoms with van der Waals surface area (Å²) in [5, 5.41) is 6.19. The van der Waals surface area contributed by atoms with Crippen molar-refractivity contribution in [3.63, 3.8) is 0 Å². The molecule has 2 amide bonds. The number of hydrogen-bond donors (Lipinski definition) is 2. The van der Waals surface area contributed by atoms with E-state index in [1.54, 1.807) is 18.4 Å². The van der Waals surface area contributed by atoms with E-state index in [-0.39, 0.29) is 10.7 Å². The lowest BCUT2D eigenvalue weighted by atomic mass is 9.90. The fraction of sp³-hybridized carbons (Fsp3) is 0.235. The second-order valence-electron chi connectivity index (χ2n) is 5.24. The van der Waals surface area contributed by atoms with Gasteiger partial charge < -0.3 is 10.6 Å². The number of nitrogens with one attached hydrogen (secondary N) is 2. The highest BCUT2D eigenvalue weighted by molar-refractivity contribution is 7.13. The first-order chi connectivity index (χ1) is 12.3. The number of alkyl halides is 3. The second-order valence-corrected chi connectivity index (χ2v) is 6.14. The number of carbonyl (C=O) groups is 2. The van der Waals surface area contributed by atoms with Gasteiger partial charge in [0.05, 0.1) is 0 Å². The highest BCUT2D eigenvalue weighted by atomic mass is 32.1. The molecule has 0 radical (unpaired) electrons. The molecule has 5 nitrogen and oxygen atoms in total. The Bertz CT molecular complexity index is 761. The topological polar surface area (TPSA) is 71.1 Å². The number of anilines is 1. The molecule has 2 unspecified atom stereocenters. The fourth-order valence-corrected chi connectivity index (χ4v) is 2.88. The minimum atomic E-state index is -4.75. The van der Waals surface area contributed by atoms with Crippen LogP contribution in [0.3, 0.4) is 0 Å². The van der Waals surface area contributed by atoms with Gasteiger partial charge in [0.15, 0.2) is 5.13 Å². The third-order valence-corrected chi connectivity index (χ3v) is 4.09. The van der Waals surface area contributed by atoms with Crippen molar-refractivity contribution in [1.82, 2.24) is 10.3 Å². The molecule has 0 aliphatic carbocycles. The third-order valence-electron chi connectivity index (χ3n) is 3.41. The molecule has 1 aromatic carbocycles. The number of carbonyl (C=O) groups excluding carboxylic acids is 2. The van der Waals surface area contributed by atoms with Crippen LogP contribution >= 0.6 is 11.3 Å². The maximum Gasteiger partial charge on any atom is 0.398 e. The summed E-state index contributed by atoms with van der Waals surface area (Å²) in [5.74, 6) is -4.00. The van der Waals surface area contributed by atoms with Crippen LogP contribution in [0.2, 0.25) is 0 Å². The normalized spacial score (nSPS) is 14.0. The summed E-state index contributed by atoms with van der Waals surface area (Å²) in [4.78, 5) is 28.2. The Morgan fingerprint density at radius 1 is 1.23 bits per heavy atom. The van der Waals surface area contributed by atoms with Gasteiger partial charge in [0.25, 0.3) is 0 Å². The van der Waals surface area contributed by atoms with E-state index in [9.17, 15) is 22.8 Å². The summed E-state index contributed by atoms with van der Waals surface area (Å²) >= 11 is 1.06. The van der Waals surface area contributed by atoms with E-state index in [2.05, 4.69) is 15.6 Å².